The van der Waals surface area contributed by atoms with Gasteiger partial charge in [-0.2, -0.15) is 0 Å². The molecule has 0 aromatic carbocycles. The van der Waals surface area contributed by atoms with E-state index in [1.165, 1.54) is 0 Å². The number of nitrogens with zero attached hydrogens (tertiary/aromatic N) is 3. The second-order valence-corrected chi connectivity index (χ2v) is 0. The predicted octanol–water partition coefficient (Wildman–Crippen LogP) is -5.71. The maximum absolute atomic E-state index is 6.25. The van der Waals surface area contributed by atoms with Gasteiger partial charge in [0.15, 0.2) is 0 Å². The first-order valence-electron chi connectivity index (χ1n) is 0.671. The second kappa shape index (κ2) is 175. The van der Waals surface area contributed by atoms with E-state index in [1.807, 2.05) is 0 Å². The monoisotopic (exact) mass is 214 g/mol. The van der Waals surface area contributed by atoms with E-state index in [0.29, 0.717) is 0 Å². The Labute approximate surface area is 151 Å². The zero-order chi connectivity index (χ0) is 6.00. The van der Waals surface area contributed by atoms with Gasteiger partial charge in [0.1, 0.15) is 0 Å². The van der Waals surface area contributed by atoms with Gasteiger partial charge in [0.05, 0.1) is 0 Å². The van der Waals surface area contributed by atoms with Crippen LogP contribution in [0, 0.1) is 35.5 Å². The van der Waals surface area contributed by atoms with E-state index in [1.54, 1.807) is 0 Å². The fraction of sp³-hybridized carbons (Fsp3) is 0. The summed E-state index contributed by atoms with van der Waals surface area (Å²) in [5.41, 5.74) is 0. The van der Waals surface area contributed by atoms with Crippen molar-refractivity contribution in [3.8, 4) is 0 Å². The zero-order valence-corrected chi connectivity index (χ0v) is 12.4. The minimum atomic E-state index is 0. The van der Waals surface area contributed by atoms with Crippen LogP contribution in [0.1, 0.15) is 0 Å². The van der Waals surface area contributed by atoms with Crippen molar-refractivity contribution in [1.29, 1.82) is 15.8 Å². The van der Waals surface area contributed by atoms with Crippen LogP contribution in [0.25, 0.3) is 0 Å². The summed E-state index contributed by atoms with van der Waals surface area (Å²) in [7, 11) is 0. The van der Waals surface area contributed by atoms with E-state index in [0.717, 1.165) is 0 Å². The molecule has 0 spiro atoms. The molecule has 6 heteroatoms. The molecule has 0 radical (unpaired) electrons. The average Bonchev–Trinajstić information content (AvgIpc) is 1.81. The van der Waals surface area contributed by atoms with E-state index in [4.69, 9.17) is 35.5 Å². The SMILES string of the molecule is [C-]#N.[C-]#N.[C-]#N.[K+].[K+].[Ni]. The van der Waals surface area contributed by atoms with Crippen LogP contribution in [-0.2, 0) is 16.5 Å². The first-order valence-corrected chi connectivity index (χ1v) is 0.671. The van der Waals surface area contributed by atoms with Crippen molar-refractivity contribution in [3.63, 3.8) is 0 Å². The predicted molar refractivity (Wildman–Crippen MR) is 14.9 cm³/mol. The summed E-state index contributed by atoms with van der Waals surface area (Å²) in [6.07, 6.45) is 0. The van der Waals surface area contributed by atoms with Crippen molar-refractivity contribution < 1.29 is 119 Å². The number of hydrogen-bond donors (Lipinski definition) is 0. The molecule has 3 nitrogen and oxygen atoms in total. The average molecular weight is 215 g/mol. The van der Waals surface area contributed by atoms with Gasteiger partial charge < -0.3 is 35.5 Å². The maximum atomic E-state index is 6.25. The van der Waals surface area contributed by atoms with Crippen molar-refractivity contribution in [2.24, 2.45) is 0 Å². The molecule has 40 valence electrons. The van der Waals surface area contributed by atoms with E-state index in [2.05, 4.69) is 0 Å². The summed E-state index contributed by atoms with van der Waals surface area (Å²) in [4.78, 5) is 0. The van der Waals surface area contributed by atoms with Crippen LogP contribution >= 0.6 is 0 Å². The van der Waals surface area contributed by atoms with Crippen LogP contribution < -0.4 is 103 Å². The number of hydrogen-bond acceptors (Lipinski definition) is 3. The topological polar surface area (TPSA) is 71.4 Å². The maximum Gasteiger partial charge on any atom is 1.00 e. The zero-order valence-electron chi connectivity index (χ0n) is 5.16. The summed E-state index contributed by atoms with van der Waals surface area (Å²) in [6.45, 7) is 14.2. The first-order chi connectivity index (χ1) is 3.00. The van der Waals surface area contributed by atoms with Gasteiger partial charge in [0, 0.05) is 16.5 Å². The summed E-state index contributed by atoms with van der Waals surface area (Å²) in [5, 5.41) is 18.8. The Morgan fingerprint density at radius 3 is 0.556 bits per heavy atom. The van der Waals surface area contributed by atoms with E-state index < -0.39 is 0 Å². The van der Waals surface area contributed by atoms with E-state index >= 15 is 0 Å². The van der Waals surface area contributed by atoms with Gasteiger partial charge in [-0.25, -0.2) is 0 Å². The normalized spacial score (nSPS) is 0.667. The van der Waals surface area contributed by atoms with Gasteiger partial charge in [0.2, 0.25) is 0 Å². The molecule has 0 atom stereocenters. The second-order valence-electron chi connectivity index (χ2n) is 0. The molecule has 0 heterocycles. The van der Waals surface area contributed by atoms with Crippen molar-refractivity contribution in [2.45, 2.75) is 0 Å². The van der Waals surface area contributed by atoms with Crippen LogP contribution in [0.15, 0.2) is 0 Å². The quantitative estimate of drug-likeness (QED) is 0.298. The Morgan fingerprint density at radius 1 is 0.556 bits per heavy atom. The molecule has 0 amide bonds. The molecule has 0 N–H and O–H groups in total. The molecular formula is C3K2N3Ni-. The van der Waals surface area contributed by atoms with E-state index in [9.17, 15) is 0 Å². The van der Waals surface area contributed by atoms with Gasteiger partial charge in [-0.05, 0) is 0 Å². The first kappa shape index (κ1) is 42.9. The Bertz CT molecular complexity index is 45.5. The van der Waals surface area contributed by atoms with Crippen LogP contribution in [0.4, 0.5) is 0 Å². The van der Waals surface area contributed by atoms with Gasteiger partial charge >= 0.3 is 103 Å². The van der Waals surface area contributed by atoms with Crippen LogP contribution in [0.3, 0.4) is 0 Å². The standard InChI is InChI=1S/3CN.2K.Ni/c3*1-2;;;/q3*-1;2*+1;. The third kappa shape index (κ3) is 139. The summed E-state index contributed by atoms with van der Waals surface area (Å²) in [6, 6.07) is 0. The van der Waals surface area contributed by atoms with Crippen LogP contribution in [0.2, 0.25) is 0 Å². The van der Waals surface area contributed by atoms with Gasteiger partial charge in [-0.3, -0.25) is 0 Å². The third-order valence-corrected chi connectivity index (χ3v) is 0. The van der Waals surface area contributed by atoms with Crippen molar-refractivity contribution in [1.82, 2.24) is 0 Å². The molecule has 0 aromatic heterocycles. The fourth-order valence-electron chi connectivity index (χ4n) is 0. The fourth-order valence-corrected chi connectivity index (χ4v) is 0. The Hall–Kier alpha value is 2.24. The Morgan fingerprint density at radius 2 is 0.556 bits per heavy atom. The van der Waals surface area contributed by atoms with Crippen molar-refractivity contribution in [3.05, 3.63) is 19.7 Å². The van der Waals surface area contributed by atoms with Gasteiger partial charge in [-0.15, -0.1) is 0 Å². The van der Waals surface area contributed by atoms with Crippen molar-refractivity contribution >= 4 is 0 Å². The van der Waals surface area contributed by atoms with E-state index in [-0.39, 0.29) is 119 Å². The van der Waals surface area contributed by atoms with Gasteiger partial charge in [0.25, 0.3) is 0 Å². The molecule has 0 unspecified atom stereocenters. The van der Waals surface area contributed by atoms with Crippen LogP contribution in [0.5, 0.6) is 0 Å². The molecule has 0 bridgehead atoms. The Kier molecular flexibility index (Phi) is 833. The molecule has 0 saturated carbocycles. The molecule has 0 saturated heterocycles. The largest absolute Gasteiger partial charge is 1.00 e. The molecule has 0 aliphatic rings. The minimum absolute atomic E-state index is 0. The molecule has 0 aliphatic carbocycles. The minimum Gasteiger partial charge on any atom is -0.512 e. The smallest absolute Gasteiger partial charge is 0.512 e. The number of rotatable bonds is 0. The molecule has 0 fully saturated rings. The van der Waals surface area contributed by atoms with Crippen LogP contribution in [-0.4, -0.2) is 0 Å². The summed E-state index contributed by atoms with van der Waals surface area (Å²) >= 11 is 0. The molecule has 0 aliphatic heterocycles. The molecule has 9 heavy (non-hydrogen) atoms. The molecule has 0 aromatic rings. The Balaban J connectivity index is -0.00000000321. The summed E-state index contributed by atoms with van der Waals surface area (Å²) in [5.74, 6) is 0. The summed E-state index contributed by atoms with van der Waals surface area (Å²) < 4.78 is 0. The van der Waals surface area contributed by atoms with Crippen molar-refractivity contribution in [2.75, 3.05) is 0 Å². The van der Waals surface area contributed by atoms with Gasteiger partial charge in [-0.1, -0.05) is 0 Å². The molecular weight excluding hydrogens is 215 g/mol. The third-order valence-electron chi connectivity index (χ3n) is 0. The molecule has 0 rings (SSSR count).